The highest BCUT2D eigenvalue weighted by molar-refractivity contribution is 6.31. The molecule has 0 aliphatic heterocycles. The van der Waals surface area contributed by atoms with Crippen LogP contribution in [-0.4, -0.2) is 35.2 Å². The molecular formula is C26H24ClN7O. The van der Waals surface area contributed by atoms with Crippen LogP contribution in [0.15, 0.2) is 79.1 Å². The summed E-state index contributed by atoms with van der Waals surface area (Å²) in [5, 5.41) is 17.2. The van der Waals surface area contributed by atoms with Gasteiger partial charge in [-0.15, -0.1) is 0 Å². The van der Waals surface area contributed by atoms with Gasteiger partial charge in [0.25, 0.3) is 5.91 Å². The van der Waals surface area contributed by atoms with Crippen LogP contribution >= 0.6 is 11.6 Å². The van der Waals surface area contributed by atoms with E-state index in [2.05, 4.69) is 15.5 Å². The zero-order chi connectivity index (χ0) is 24.4. The Labute approximate surface area is 207 Å². The average molecular weight is 486 g/mol. The third-order valence-corrected chi connectivity index (χ3v) is 6.29. The first kappa shape index (κ1) is 22.6. The highest BCUT2D eigenvalue weighted by Crippen LogP contribution is 2.24. The van der Waals surface area contributed by atoms with Crippen LogP contribution in [0.5, 0.6) is 0 Å². The van der Waals surface area contributed by atoms with E-state index in [0.29, 0.717) is 23.9 Å². The lowest BCUT2D eigenvalue weighted by molar-refractivity contribution is 0.0945. The van der Waals surface area contributed by atoms with Crippen LogP contribution in [0.4, 0.5) is 0 Å². The normalized spacial score (nSPS) is 11.1. The molecule has 0 radical (unpaired) electrons. The number of nitrogens with one attached hydrogen (secondary N) is 1. The molecule has 5 aromatic rings. The van der Waals surface area contributed by atoms with Crippen LogP contribution in [0.3, 0.4) is 0 Å². The maximum absolute atomic E-state index is 12.9. The number of amides is 1. The first-order chi connectivity index (χ1) is 17.0. The molecule has 0 fully saturated rings. The Bertz CT molecular complexity index is 1470. The number of benzene rings is 2. The summed E-state index contributed by atoms with van der Waals surface area (Å²) < 4.78 is 5.25. The maximum Gasteiger partial charge on any atom is 0.272 e. The molecule has 0 bridgehead atoms. The number of nitrogens with zero attached hydrogens (tertiary/aromatic N) is 6. The molecule has 9 heteroatoms. The molecule has 1 N–H and O–H groups in total. The molecule has 0 atom stereocenters. The summed E-state index contributed by atoms with van der Waals surface area (Å²) in [5.74, 6) is -0.262. The van der Waals surface area contributed by atoms with Crippen LogP contribution in [-0.2, 0) is 13.2 Å². The van der Waals surface area contributed by atoms with Gasteiger partial charge in [-0.3, -0.25) is 9.48 Å². The van der Waals surface area contributed by atoms with Crippen molar-refractivity contribution in [3.8, 4) is 16.9 Å². The Morgan fingerprint density at radius 2 is 1.66 bits per heavy atom. The molecule has 0 unspecified atom stereocenters. The molecule has 0 saturated carbocycles. The summed E-state index contributed by atoms with van der Waals surface area (Å²) in [6.45, 7) is 4.45. The van der Waals surface area contributed by atoms with E-state index in [-0.39, 0.29) is 5.91 Å². The van der Waals surface area contributed by atoms with Crippen molar-refractivity contribution in [1.82, 2.24) is 34.7 Å². The lowest BCUT2D eigenvalue weighted by Crippen LogP contribution is -2.24. The molecule has 2 aromatic carbocycles. The van der Waals surface area contributed by atoms with Gasteiger partial charge < -0.3 is 5.32 Å². The second-order valence-corrected chi connectivity index (χ2v) is 8.58. The zero-order valence-electron chi connectivity index (χ0n) is 19.4. The number of halogens is 1. The third-order valence-electron chi connectivity index (χ3n) is 5.74. The van der Waals surface area contributed by atoms with Crippen molar-refractivity contribution in [2.45, 2.75) is 27.1 Å². The van der Waals surface area contributed by atoms with Crippen LogP contribution in [0.25, 0.3) is 16.9 Å². The lowest BCUT2D eigenvalue weighted by atomic mass is 10.1. The quantitative estimate of drug-likeness (QED) is 0.364. The molecule has 1 amide bonds. The summed E-state index contributed by atoms with van der Waals surface area (Å²) >= 11 is 6.23. The maximum atomic E-state index is 12.9. The molecule has 0 spiro atoms. The Hall–Kier alpha value is -4.17. The minimum absolute atomic E-state index is 0.262. The topological polar surface area (TPSA) is 82.6 Å². The van der Waals surface area contributed by atoms with Gasteiger partial charge in [-0.25, -0.2) is 9.36 Å². The molecule has 0 aliphatic carbocycles. The molecular weight excluding hydrogens is 462 g/mol. The van der Waals surface area contributed by atoms with Crippen molar-refractivity contribution in [2.75, 3.05) is 0 Å². The fraction of sp³-hybridized carbons (Fsp3) is 0.154. The molecule has 3 heterocycles. The average Bonchev–Trinajstić information content (AvgIpc) is 3.59. The zero-order valence-corrected chi connectivity index (χ0v) is 20.1. The Morgan fingerprint density at radius 3 is 2.34 bits per heavy atom. The third kappa shape index (κ3) is 4.74. The van der Waals surface area contributed by atoms with Gasteiger partial charge in [0.15, 0.2) is 0 Å². The number of hydrogen-bond acceptors (Lipinski definition) is 4. The van der Waals surface area contributed by atoms with E-state index in [1.54, 1.807) is 21.6 Å². The van der Waals surface area contributed by atoms with E-state index in [1.165, 1.54) is 0 Å². The number of aromatic nitrogens is 6. The van der Waals surface area contributed by atoms with E-state index in [9.17, 15) is 4.79 Å². The number of para-hydroxylation sites is 1. The van der Waals surface area contributed by atoms with E-state index >= 15 is 0 Å². The molecule has 35 heavy (non-hydrogen) atoms. The minimum atomic E-state index is -0.262. The van der Waals surface area contributed by atoms with Crippen molar-refractivity contribution < 1.29 is 4.79 Å². The van der Waals surface area contributed by atoms with Gasteiger partial charge in [-0.05, 0) is 32.0 Å². The number of carbonyl (C=O) groups is 1. The highest BCUT2D eigenvalue weighted by atomic mass is 35.5. The van der Waals surface area contributed by atoms with E-state index in [0.717, 1.165) is 33.9 Å². The molecule has 0 saturated heterocycles. The number of carbonyl (C=O) groups excluding carboxylic acids is 1. The van der Waals surface area contributed by atoms with Gasteiger partial charge in [0, 0.05) is 30.1 Å². The smallest absolute Gasteiger partial charge is 0.272 e. The predicted molar refractivity (Wildman–Crippen MR) is 135 cm³/mol. The first-order valence-electron chi connectivity index (χ1n) is 11.2. The summed E-state index contributed by atoms with van der Waals surface area (Å²) in [4.78, 5) is 12.9. The first-order valence-corrected chi connectivity index (χ1v) is 11.6. The van der Waals surface area contributed by atoms with Gasteiger partial charge in [0.1, 0.15) is 12.4 Å². The molecule has 3 aromatic heterocycles. The van der Waals surface area contributed by atoms with Crippen LogP contribution in [0.1, 0.15) is 27.4 Å². The Morgan fingerprint density at radius 1 is 0.943 bits per heavy atom. The van der Waals surface area contributed by atoms with Crippen LogP contribution < -0.4 is 5.32 Å². The summed E-state index contributed by atoms with van der Waals surface area (Å²) in [7, 11) is 0. The van der Waals surface area contributed by atoms with Crippen LogP contribution in [0.2, 0.25) is 5.02 Å². The van der Waals surface area contributed by atoms with Crippen molar-refractivity contribution >= 4 is 17.5 Å². The van der Waals surface area contributed by atoms with Gasteiger partial charge in [-0.1, -0.05) is 60.1 Å². The Balaban J connectivity index is 1.33. The van der Waals surface area contributed by atoms with Gasteiger partial charge >= 0.3 is 0 Å². The molecule has 8 nitrogen and oxygen atoms in total. The van der Waals surface area contributed by atoms with E-state index in [1.807, 2.05) is 85.4 Å². The van der Waals surface area contributed by atoms with Crippen molar-refractivity contribution in [3.05, 3.63) is 107 Å². The second kappa shape index (κ2) is 9.60. The highest BCUT2D eigenvalue weighted by Gasteiger charge is 2.16. The fourth-order valence-electron chi connectivity index (χ4n) is 3.87. The van der Waals surface area contributed by atoms with Gasteiger partial charge in [0.05, 0.1) is 27.8 Å². The second-order valence-electron chi connectivity index (χ2n) is 8.20. The fourth-order valence-corrected chi connectivity index (χ4v) is 4.00. The van der Waals surface area contributed by atoms with Gasteiger partial charge in [0.2, 0.25) is 0 Å². The van der Waals surface area contributed by atoms with Crippen molar-refractivity contribution in [3.63, 3.8) is 0 Å². The van der Waals surface area contributed by atoms with Gasteiger partial charge in [-0.2, -0.15) is 15.3 Å². The SMILES string of the molecule is Cc1nn(Cn2ccc(C(=O)NCc3cn(-c4ccccc4)nc3-c3ccccc3)n2)c(C)c1Cl. The van der Waals surface area contributed by atoms with Crippen molar-refractivity contribution in [2.24, 2.45) is 0 Å². The molecule has 0 aliphatic rings. The predicted octanol–water partition coefficient (Wildman–Crippen LogP) is 4.64. The summed E-state index contributed by atoms with van der Waals surface area (Å²) in [6.07, 6.45) is 3.70. The lowest BCUT2D eigenvalue weighted by Gasteiger charge is -2.05. The monoisotopic (exact) mass is 485 g/mol. The molecule has 5 rings (SSSR count). The number of hydrogen-bond donors (Lipinski definition) is 1. The Kier molecular flexibility index (Phi) is 6.20. The van der Waals surface area contributed by atoms with Crippen molar-refractivity contribution in [1.29, 1.82) is 0 Å². The van der Waals surface area contributed by atoms with E-state index in [4.69, 9.17) is 16.7 Å². The van der Waals surface area contributed by atoms with Crippen LogP contribution in [0, 0.1) is 13.8 Å². The summed E-state index contributed by atoms with van der Waals surface area (Å²) in [6, 6.07) is 21.5. The standard InChI is InChI=1S/C26H24ClN7O/c1-18-24(27)19(2)34(29-18)17-32-14-13-23(30-32)26(35)28-15-21-16-33(22-11-7-4-8-12-22)31-25(21)20-9-5-3-6-10-20/h3-14,16H,15,17H2,1-2H3,(H,28,35). The molecule has 176 valence electrons. The van der Waals surface area contributed by atoms with E-state index < -0.39 is 0 Å². The number of aryl methyl sites for hydroxylation is 1. The minimum Gasteiger partial charge on any atom is -0.346 e. The summed E-state index contributed by atoms with van der Waals surface area (Å²) in [5.41, 5.74) is 5.61. The number of rotatable bonds is 7. The largest absolute Gasteiger partial charge is 0.346 e.